The van der Waals surface area contributed by atoms with E-state index in [9.17, 15) is 4.79 Å². The number of carboxylic acid groups (broad SMARTS) is 1. The first kappa shape index (κ1) is 10.0. The Morgan fingerprint density at radius 1 is 1.55 bits per heavy atom. The minimum atomic E-state index is -0.845. The maximum atomic E-state index is 10.5. The molecule has 0 spiro atoms. The quantitative estimate of drug-likeness (QED) is 0.606. The Bertz CT molecular complexity index is 173. The SMILES string of the molecule is CCC/C(NC)=C(/C)C(=O)O. The summed E-state index contributed by atoms with van der Waals surface area (Å²) in [6.07, 6.45) is 1.76. The predicted octanol–water partition coefficient (Wildman–Crippen LogP) is 1.36. The zero-order chi connectivity index (χ0) is 8.85. The van der Waals surface area contributed by atoms with E-state index < -0.39 is 5.97 Å². The monoisotopic (exact) mass is 157 g/mol. The molecule has 0 rings (SSSR count). The molecule has 0 bridgehead atoms. The van der Waals surface area contributed by atoms with Crippen LogP contribution >= 0.6 is 0 Å². The van der Waals surface area contributed by atoms with Crippen LogP contribution in [-0.2, 0) is 4.79 Å². The van der Waals surface area contributed by atoms with Gasteiger partial charge in [0.05, 0.1) is 5.57 Å². The van der Waals surface area contributed by atoms with Crippen molar-refractivity contribution in [3.8, 4) is 0 Å². The van der Waals surface area contributed by atoms with E-state index in [1.54, 1.807) is 14.0 Å². The van der Waals surface area contributed by atoms with Crippen molar-refractivity contribution in [3.63, 3.8) is 0 Å². The molecule has 0 aromatic rings. The first-order chi connectivity index (χ1) is 5.13. The average Bonchev–Trinajstić information content (AvgIpc) is 1.98. The van der Waals surface area contributed by atoms with Crippen molar-refractivity contribution < 1.29 is 9.90 Å². The molecule has 0 saturated carbocycles. The smallest absolute Gasteiger partial charge is 0.333 e. The summed E-state index contributed by atoms with van der Waals surface area (Å²) in [5, 5.41) is 11.5. The highest BCUT2D eigenvalue weighted by Crippen LogP contribution is 2.06. The zero-order valence-electron chi connectivity index (χ0n) is 7.27. The lowest BCUT2D eigenvalue weighted by Crippen LogP contribution is -2.12. The lowest BCUT2D eigenvalue weighted by atomic mass is 10.1. The summed E-state index contributed by atoms with van der Waals surface area (Å²) in [4.78, 5) is 10.5. The highest BCUT2D eigenvalue weighted by atomic mass is 16.4. The van der Waals surface area contributed by atoms with Gasteiger partial charge in [-0.3, -0.25) is 0 Å². The fraction of sp³-hybridized carbons (Fsp3) is 0.625. The van der Waals surface area contributed by atoms with Crippen LogP contribution in [0.5, 0.6) is 0 Å². The molecule has 0 saturated heterocycles. The van der Waals surface area contributed by atoms with Gasteiger partial charge >= 0.3 is 5.97 Å². The Morgan fingerprint density at radius 2 is 2.09 bits per heavy atom. The van der Waals surface area contributed by atoms with Gasteiger partial charge in [-0.2, -0.15) is 0 Å². The summed E-state index contributed by atoms with van der Waals surface area (Å²) >= 11 is 0. The molecule has 0 amide bonds. The maximum Gasteiger partial charge on any atom is 0.333 e. The number of hydrogen-bond acceptors (Lipinski definition) is 2. The molecule has 0 aliphatic carbocycles. The number of carboxylic acids is 1. The standard InChI is InChI=1S/C8H15NO2/c1-4-5-7(9-3)6(2)8(10)11/h9H,4-5H2,1-3H3,(H,10,11)/b7-6+. The van der Waals surface area contributed by atoms with Crippen molar-refractivity contribution in [3.05, 3.63) is 11.3 Å². The number of hydrogen-bond donors (Lipinski definition) is 2. The number of allylic oxidation sites excluding steroid dienone is 1. The van der Waals surface area contributed by atoms with E-state index >= 15 is 0 Å². The normalized spacial score (nSPS) is 12.3. The molecule has 0 fully saturated rings. The fourth-order valence-electron chi connectivity index (χ4n) is 0.879. The number of nitrogens with one attached hydrogen (secondary N) is 1. The molecule has 0 atom stereocenters. The summed E-state index contributed by atoms with van der Waals surface area (Å²) < 4.78 is 0. The van der Waals surface area contributed by atoms with Crippen LogP contribution in [0.4, 0.5) is 0 Å². The second-order valence-electron chi connectivity index (χ2n) is 2.41. The molecule has 2 N–H and O–H groups in total. The summed E-state index contributed by atoms with van der Waals surface area (Å²) in [5.74, 6) is -0.845. The Kier molecular flexibility index (Phi) is 4.34. The fourth-order valence-corrected chi connectivity index (χ4v) is 0.879. The second-order valence-corrected chi connectivity index (χ2v) is 2.41. The molecule has 3 nitrogen and oxygen atoms in total. The molecule has 3 heteroatoms. The Hall–Kier alpha value is -0.990. The number of rotatable bonds is 4. The summed E-state index contributed by atoms with van der Waals surface area (Å²) in [6.45, 7) is 3.64. The third-order valence-corrected chi connectivity index (χ3v) is 1.58. The van der Waals surface area contributed by atoms with Gasteiger partial charge in [0.15, 0.2) is 0 Å². The number of aliphatic carboxylic acids is 1. The van der Waals surface area contributed by atoms with Gasteiger partial charge in [-0.25, -0.2) is 4.79 Å². The third kappa shape index (κ3) is 3.07. The van der Waals surface area contributed by atoms with E-state index in [0.717, 1.165) is 18.5 Å². The van der Waals surface area contributed by atoms with Crippen LogP contribution in [0.25, 0.3) is 0 Å². The van der Waals surface area contributed by atoms with Crippen LogP contribution in [-0.4, -0.2) is 18.1 Å². The van der Waals surface area contributed by atoms with Gasteiger partial charge in [-0.1, -0.05) is 13.3 Å². The first-order valence-corrected chi connectivity index (χ1v) is 3.74. The van der Waals surface area contributed by atoms with Gasteiger partial charge in [0, 0.05) is 12.7 Å². The molecule has 0 aromatic heterocycles. The van der Waals surface area contributed by atoms with Gasteiger partial charge in [0.25, 0.3) is 0 Å². The zero-order valence-corrected chi connectivity index (χ0v) is 7.27. The summed E-state index contributed by atoms with van der Waals surface area (Å²) in [6, 6.07) is 0. The van der Waals surface area contributed by atoms with Crippen molar-refractivity contribution in [2.75, 3.05) is 7.05 Å². The topological polar surface area (TPSA) is 49.3 Å². The van der Waals surface area contributed by atoms with E-state index in [-0.39, 0.29) is 0 Å². The minimum Gasteiger partial charge on any atom is -0.478 e. The van der Waals surface area contributed by atoms with E-state index in [1.807, 2.05) is 6.92 Å². The van der Waals surface area contributed by atoms with Gasteiger partial charge < -0.3 is 10.4 Å². The molecule has 11 heavy (non-hydrogen) atoms. The van der Waals surface area contributed by atoms with Crippen molar-refractivity contribution in [2.45, 2.75) is 26.7 Å². The van der Waals surface area contributed by atoms with E-state index in [2.05, 4.69) is 5.32 Å². The number of carbonyl (C=O) groups is 1. The summed E-state index contributed by atoms with van der Waals surface area (Å²) in [7, 11) is 1.75. The van der Waals surface area contributed by atoms with Crippen LogP contribution in [0.2, 0.25) is 0 Å². The van der Waals surface area contributed by atoms with Crippen molar-refractivity contribution >= 4 is 5.97 Å². The Balaban J connectivity index is 4.39. The third-order valence-electron chi connectivity index (χ3n) is 1.58. The van der Waals surface area contributed by atoms with Crippen LogP contribution in [0.3, 0.4) is 0 Å². The predicted molar refractivity (Wildman–Crippen MR) is 44.3 cm³/mol. The largest absolute Gasteiger partial charge is 0.478 e. The maximum absolute atomic E-state index is 10.5. The van der Waals surface area contributed by atoms with E-state index in [0.29, 0.717) is 5.57 Å². The van der Waals surface area contributed by atoms with E-state index in [4.69, 9.17) is 5.11 Å². The van der Waals surface area contributed by atoms with Crippen molar-refractivity contribution in [1.82, 2.24) is 5.32 Å². The molecular weight excluding hydrogens is 142 g/mol. The second kappa shape index (κ2) is 4.77. The molecule has 0 aliphatic heterocycles. The van der Waals surface area contributed by atoms with Crippen LogP contribution < -0.4 is 5.32 Å². The lowest BCUT2D eigenvalue weighted by Gasteiger charge is -2.06. The van der Waals surface area contributed by atoms with Crippen LogP contribution in [0.15, 0.2) is 11.3 Å². The Labute approximate surface area is 67.1 Å². The Morgan fingerprint density at radius 3 is 2.36 bits per heavy atom. The first-order valence-electron chi connectivity index (χ1n) is 3.74. The highest BCUT2D eigenvalue weighted by molar-refractivity contribution is 5.86. The molecule has 0 heterocycles. The molecule has 64 valence electrons. The molecule has 0 radical (unpaired) electrons. The van der Waals surface area contributed by atoms with Gasteiger partial charge in [-0.05, 0) is 13.3 Å². The molecule has 0 aromatic carbocycles. The van der Waals surface area contributed by atoms with Gasteiger partial charge in [0.2, 0.25) is 0 Å². The molecular formula is C8H15NO2. The lowest BCUT2D eigenvalue weighted by molar-refractivity contribution is -0.132. The van der Waals surface area contributed by atoms with Gasteiger partial charge in [0.1, 0.15) is 0 Å². The van der Waals surface area contributed by atoms with Crippen LogP contribution in [0, 0.1) is 0 Å². The minimum absolute atomic E-state index is 0.411. The van der Waals surface area contributed by atoms with Crippen LogP contribution in [0.1, 0.15) is 26.7 Å². The molecule has 0 aliphatic rings. The van der Waals surface area contributed by atoms with Crippen molar-refractivity contribution in [2.24, 2.45) is 0 Å². The van der Waals surface area contributed by atoms with Crippen molar-refractivity contribution in [1.29, 1.82) is 0 Å². The summed E-state index contributed by atoms with van der Waals surface area (Å²) in [5.41, 5.74) is 1.23. The average molecular weight is 157 g/mol. The molecule has 0 unspecified atom stereocenters. The van der Waals surface area contributed by atoms with E-state index in [1.165, 1.54) is 0 Å². The van der Waals surface area contributed by atoms with Gasteiger partial charge in [-0.15, -0.1) is 0 Å². The highest BCUT2D eigenvalue weighted by Gasteiger charge is 2.05.